The van der Waals surface area contributed by atoms with Gasteiger partial charge in [-0.3, -0.25) is 0 Å². The van der Waals surface area contributed by atoms with Gasteiger partial charge >= 0.3 is 0 Å². The Kier molecular flexibility index (Phi) is 8.86. The summed E-state index contributed by atoms with van der Waals surface area (Å²) in [5, 5.41) is 30.5. The van der Waals surface area contributed by atoms with E-state index in [1.54, 1.807) is 5.57 Å². The molecule has 33 heavy (non-hydrogen) atoms. The molecule has 2 saturated carbocycles. The standard InChI is InChI=1S/C30H48O3/c1-6-7-10-22(11-8-17-29(3,4)33)26-15-16-27-23(12-9-18-30(26,27)5)13-14-24-19-25(31)20-28(32)21(24)2/h13-15,22,25,27-28,31-33H,2,6-12,16-20H2,1,3-5H3/b23-13-,24-14-/t22-,25-,27+,28+,30-/m1/s1. The molecule has 186 valence electrons. The lowest BCUT2D eigenvalue weighted by Gasteiger charge is -2.43. The third kappa shape index (κ3) is 6.50. The third-order valence-electron chi connectivity index (χ3n) is 8.56. The summed E-state index contributed by atoms with van der Waals surface area (Å²) in [5.74, 6) is 1.19. The normalized spacial score (nSPS) is 34.0. The lowest BCUT2D eigenvalue weighted by Crippen LogP contribution is -2.33. The number of allylic oxidation sites excluding steroid dienone is 5. The lowest BCUT2D eigenvalue weighted by molar-refractivity contribution is 0.0666. The molecule has 0 bridgehead atoms. The smallest absolute Gasteiger partial charge is 0.0811 e. The van der Waals surface area contributed by atoms with Gasteiger partial charge in [0, 0.05) is 6.42 Å². The number of aliphatic hydroxyl groups is 3. The van der Waals surface area contributed by atoms with Gasteiger partial charge in [-0.15, -0.1) is 0 Å². The van der Waals surface area contributed by atoms with Crippen LogP contribution in [-0.4, -0.2) is 33.1 Å². The van der Waals surface area contributed by atoms with E-state index in [9.17, 15) is 15.3 Å². The SMILES string of the molecule is C=C1/C(=C\C=C2\CCC[C@]3(C)C([C@H](CCCC)CCCC(C)(C)O)=CC[C@@H]23)C[C@@H](O)C[C@@H]1O. The molecular formula is C30H48O3. The molecule has 0 aromatic rings. The van der Waals surface area contributed by atoms with Crippen molar-refractivity contribution in [2.75, 3.05) is 0 Å². The summed E-state index contributed by atoms with van der Waals surface area (Å²) in [6, 6.07) is 0. The Morgan fingerprint density at radius 2 is 1.94 bits per heavy atom. The predicted octanol–water partition coefficient (Wildman–Crippen LogP) is 6.80. The van der Waals surface area contributed by atoms with Gasteiger partial charge in [0.05, 0.1) is 17.8 Å². The highest BCUT2D eigenvalue weighted by Gasteiger charge is 2.46. The summed E-state index contributed by atoms with van der Waals surface area (Å²) in [7, 11) is 0. The molecule has 5 atom stereocenters. The average Bonchev–Trinajstić information content (AvgIpc) is 3.08. The quantitative estimate of drug-likeness (QED) is 0.335. The minimum atomic E-state index is -0.627. The van der Waals surface area contributed by atoms with Crippen molar-refractivity contribution in [2.45, 2.75) is 123 Å². The minimum absolute atomic E-state index is 0.234. The Balaban J connectivity index is 1.77. The van der Waals surface area contributed by atoms with Gasteiger partial charge in [-0.25, -0.2) is 0 Å². The molecule has 0 unspecified atom stereocenters. The van der Waals surface area contributed by atoms with Gasteiger partial charge in [0.25, 0.3) is 0 Å². The summed E-state index contributed by atoms with van der Waals surface area (Å²) in [5.41, 5.74) is 4.63. The molecule has 0 aromatic carbocycles. The largest absolute Gasteiger partial charge is 0.393 e. The molecule has 3 heteroatoms. The van der Waals surface area contributed by atoms with Crippen molar-refractivity contribution >= 4 is 0 Å². The number of unbranched alkanes of at least 4 members (excludes halogenated alkanes) is 1. The van der Waals surface area contributed by atoms with Gasteiger partial charge < -0.3 is 15.3 Å². The van der Waals surface area contributed by atoms with Gasteiger partial charge in [-0.1, -0.05) is 69.1 Å². The average molecular weight is 457 g/mol. The fourth-order valence-corrected chi connectivity index (χ4v) is 6.64. The second kappa shape index (κ2) is 11.1. The van der Waals surface area contributed by atoms with Crippen LogP contribution in [0.4, 0.5) is 0 Å². The van der Waals surface area contributed by atoms with Crippen molar-refractivity contribution in [1.29, 1.82) is 0 Å². The van der Waals surface area contributed by atoms with Crippen LogP contribution in [0.25, 0.3) is 0 Å². The van der Waals surface area contributed by atoms with Crippen LogP contribution in [-0.2, 0) is 0 Å². The monoisotopic (exact) mass is 456 g/mol. The molecule has 0 saturated heterocycles. The van der Waals surface area contributed by atoms with E-state index in [1.807, 2.05) is 13.8 Å². The maximum absolute atomic E-state index is 10.2. The molecular weight excluding hydrogens is 408 g/mol. The Hall–Kier alpha value is -1.16. The molecule has 3 aliphatic carbocycles. The number of aliphatic hydroxyl groups excluding tert-OH is 2. The van der Waals surface area contributed by atoms with Crippen LogP contribution in [0.15, 0.2) is 47.1 Å². The highest BCUT2D eigenvalue weighted by atomic mass is 16.3. The van der Waals surface area contributed by atoms with Gasteiger partial charge in [0.2, 0.25) is 0 Å². The summed E-state index contributed by atoms with van der Waals surface area (Å²) >= 11 is 0. The third-order valence-corrected chi connectivity index (χ3v) is 8.56. The van der Waals surface area contributed by atoms with Crippen molar-refractivity contribution in [3.63, 3.8) is 0 Å². The van der Waals surface area contributed by atoms with E-state index in [-0.39, 0.29) is 5.41 Å². The van der Waals surface area contributed by atoms with Crippen LogP contribution in [0.5, 0.6) is 0 Å². The fourth-order valence-electron chi connectivity index (χ4n) is 6.64. The van der Waals surface area contributed by atoms with Crippen LogP contribution >= 0.6 is 0 Å². The first-order chi connectivity index (χ1) is 15.5. The van der Waals surface area contributed by atoms with Crippen LogP contribution < -0.4 is 0 Å². The van der Waals surface area contributed by atoms with Crippen LogP contribution in [0.1, 0.15) is 105 Å². The maximum atomic E-state index is 10.2. The molecule has 2 fully saturated rings. The highest BCUT2D eigenvalue weighted by molar-refractivity contribution is 5.40. The highest BCUT2D eigenvalue weighted by Crippen LogP contribution is 2.57. The molecule has 0 heterocycles. The van der Waals surface area contributed by atoms with Gasteiger partial charge in [-0.2, -0.15) is 0 Å². The lowest BCUT2D eigenvalue weighted by atomic mass is 9.61. The summed E-state index contributed by atoms with van der Waals surface area (Å²) < 4.78 is 0. The first kappa shape index (κ1) is 26.4. The van der Waals surface area contributed by atoms with Gasteiger partial charge in [0.1, 0.15) is 0 Å². The fraction of sp³-hybridized carbons (Fsp3) is 0.733. The summed E-state index contributed by atoms with van der Waals surface area (Å²) in [6.45, 7) is 12.7. The van der Waals surface area contributed by atoms with Crippen molar-refractivity contribution in [3.05, 3.63) is 47.1 Å². The van der Waals surface area contributed by atoms with E-state index in [0.29, 0.717) is 24.7 Å². The zero-order chi connectivity index (χ0) is 24.2. The molecule has 0 amide bonds. The second-order valence-corrected chi connectivity index (χ2v) is 11.8. The summed E-state index contributed by atoms with van der Waals surface area (Å²) in [6.07, 6.45) is 18.5. The molecule has 0 radical (unpaired) electrons. The number of rotatable bonds is 9. The van der Waals surface area contributed by atoms with Crippen molar-refractivity contribution in [2.24, 2.45) is 17.3 Å². The second-order valence-electron chi connectivity index (χ2n) is 11.8. The van der Waals surface area contributed by atoms with E-state index in [4.69, 9.17) is 0 Å². The molecule has 3 rings (SSSR count). The first-order valence-corrected chi connectivity index (χ1v) is 13.4. The molecule has 3 N–H and O–H groups in total. The maximum Gasteiger partial charge on any atom is 0.0811 e. The predicted molar refractivity (Wildman–Crippen MR) is 138 cm³/mol. The van der Waals surface area contributed by atoms with Gasteiger partial charge in [-0.05, 0) is 93.6 Å². The Labute approximate surface area is 202 Å². The van der Waals surface area contributed by atoms with Crippen LogP contribution in [0.3, 0.4) is 0 Å². The van der Waals surface area contributed by atoms with E-state index in [0.717, 1.165) is 36.8 Å². The van der Waals surface area contributed by atoms with Crippen molar-refractivity contribution in [1.82, 2.24) is 0 Å². The van der Waals surface area contributed by atoms with E-state index < -0.39 is 17.8 Å². The number of fused-ring (bicyclic) bond motifs is 1. The Morgan fingerprint density at radius 3 is 2.64 bits per heavy atom. The molecule has 0 aliphatic heterocycles. The Bertz CT molecular complexity index is 781. The van der Waals surface area contributed by atoms with Crippen LogP contribution in [0, 0.1) is 17.3 Å². The molecule has 0 aromatic heterocycles. The number of hydrogen-bond acceptors (Lipinski definition) is 3. The zero-order valence-corrected chi connectivity index (χ0v) is 21.6. The van der Waals surface area contributed by atoms with Crippen molar-refractivity contribution in [3.8, 4) is 0 Å². The Morgan fingerprint density at radius 1 is 1.21 bits per heavy atom. The zero-order valence-electron chi connectivity index (χ0n) is 21.6. The number of hydrogen-bond donors (Lipinski definition) is 3. The minimum Gasteiger partial charge on any atom is -0.393 e. The topological polar surface area (TPSA) is 60.7 Å². The van der Waals surface area contributed by atoms with Crippen molar-refractivity contribution < 1.29 is 15.3 Å². The first-order valence-electron chi connectivity index (χ1n) is 13.4. The summed E-state index contributed by atoms with van der Waals surface area (Å²) in [4.78, 5) is 0. The molecule has 3 aliphatic rings. The van der Waals surface area contributed by atoms with E-state index in [2.05, 4.69) is 38.7 Å². The van der Waals surface area contributed by atoms with Crippen LogP contribution in [0.2, 0.25) is 0 Å². The molecule has 3 nitrogen and oxygen atoms in total. The van der Waals surface area contributed by atoms with E-state index in [1.165, 1.54) is 44.1 Å². The molecule has 0 spiro atoms. The van der Waals surface area contributed by atoms with E-state index >= 15 is 0 Å². The van der Waals surface area contributed by atoms with Gasteiger partial charge in [0.15, 0.2) is 0 Å².